The van der Waals surface area contributed by atoms with Gasteiger partial charge in [0.2, 0.25) is 0 Å². The molecule has 1 amide bonds. The van der Waals surface area contributed by atoms with Crippen LogP contribution < -0.4 is 5.32 Å². The predicted molar refractivity (Wildman–Crippen MR) is 84.4 cm³/mol. The zero-order valence-corrected chi connectivity index (χ0v) is 13.7. The van der Waals surface area contributed by atoms with Gasteiger partial charge in [0, 0.05) is 26.2 Å². The highest BCUT2D eigenvalue weighted by Gasteiger charge is 2.28. The van der Waals surface area contributed by atoms with E-state index in [4.69, 9.17) is 0 Å². The summed E-state index contributed by atoms with van der Waals surface area (Å²) in [6.45, 7) is 5.23. The van der Waals surface area contributed by atoms with Crippen molar-refractivity contribution in [2.75, 3.05) is 13.6 Å². The first-order chi connectivity index (χ1) is 10.1. The predicted octanol–water partition coefficient (Wildman–Crippen LogP) is 1.98. The quantitative estimate of drug-likeness (QED) is 0.903. The Morgan fingerprint density at radius 2 is 2.05 bits per heavy atom. The van der Waals surface area contributed by atoms with Crippen LogP contribution in [0.15, 0.2) is 6.07 Å². The van der Waals surface area contributed by atoms with E-state index in [1.165, 1.54) is 0 Å². The molecule has 1 aliphatic rings. The second-order valence-corrected chi connectivity index (χ2v) is 5.98. The fourth-order valence-electron chi connectivity index (χ4n) is 3.20. The van der Waals surface area contributed by atoms with Gasteiger partial charge in [-0.15, -0.1) is 0 Å². The summed E-state index contributed by atoms with van der Waals surface area (Å²) in [5, 5.41) is 7.88. The molecule has 0 aliphatic heterocycles. The number of hydrogen-bond acceptors (Lipinski definition) is 3. The normalized spacial score (nSPS) is 22.3. The molecule has 0 aromatic carbocycles. The van der Waals surface area contributed by atoms with Crippen LogP contribution in [-0.4, -0.2) is 46.3 Å². The van der Waals surface area contributed by atoms with Gasteiger partial charge in [-0.05, 0) is 44.7 Å². The van der Waals surface area contributed by atoms with Crippen LogP contribution in [0.5, 0.6) is 0 Å². The van der Waals surface area contributed by atoms with Gasteiger partial charge in [-0.25, -0.2) is 0 Å². The smallest absolute Gasteiger partial charge is 0.272 e. The summed E-state index contributed by atoms with van der Waals surface area (Å²) in [5.74, 6) is 0.0941. The van der Waals surface area contributed by atoms with Crippen molar-refractivity contribution in [3.8, 4) is 0 Å². The molecule has 1 N–H and O–H groups in total. The van der Waals surface area contributed by atoms with Crippen molar-refractivity contribution in [2.24, 2.45) is 7.05 Å². The van der Waals surface area contributed by atoms with Crippen LogP contribution in [0, 0.1) is 0 Å². The van der Waals surface area contributed by atoms with Crippen molar-refractivity contribution in [2.45, 2.75) is 58.0 Å². The molecule has 1 fully saturated rings. The number of nitrogens with zero attached hydrogens (tertiary/aromatic N) is 3. The summed E-state index contributed by atoms with van der Waals surface area (Å²) in [7, 11) is 3.78. The van der Waals surface area contributed by atoms with Crippen LogP contribution in [0.25, 0.3) is 0 Å². The lowest BCUT2D eigenvalue weighted by molar-refractivity contribution is 0.0673. The minimum atomic E-state index is 0.0941. The number of carbonyl (C=O) groups is 1. The molecule has 1 aromatic rings. The monoisotopic (exact) mass is 292 g/mol. The largest absolute Gasteiger partial charge is 0.337 e. The Kier molecular flexibility index (Phi) is 5.39. The maximum atomic E-state index is 12.7. The van der Waals surface area contributed by atoms with E-state index < -0.39 is 0 Å². The van der Waals surface area contributed by atoms with Gasteiger partial charge in [0.05, 0.1) is 5.69 Å². The van der Waals surface area contributed by atoms with Crippen LogP contribution >= 0.6 is 0 Å². The maximum Gasteiger partial charge on any atom is 0.272 e. The van der Waals surface area contributed by atoms with Crippen LogP contribution in [0.3, 0.4) is 0 Å². The molecule has 5 nitrogen and oxygen atoms in total. The Labute approximate surface area is 127 Å². The summed E-state index contributed by atoms with van der Waals surface area (Å²) in [6, 6.07) is 2.90. The Balaban J connectivity index is 1.98. The zero-order chi connectivity index (χ0) is 15.4. The third kappa shape index (κ3) is 3.64. The number of amides is 1. The third-order valence-corrected chi connectivity index (χ3v) is 4.57. The molecule has 1 aliphatic carbocycles. The van der Waals surface area contributed by atoms with Crippen molar-refractivity contribution < 1.29 is 4.79 Å². The van der Waals surface area contributed by atoms with Gasteiger partial charge >= 0.3 is 0 Å². The minimum Gasteiger partial charge on any atom is -0.337 e. The summed E-state index contributed by atoms with van der Waals surface area (Å²) in [4.78, 5) is 14.6. The molecule has 0 atom stereocenters. The first-order valence-electron chi connectivity index (χ1n) is 8.10. The number of aromatic nitrogens is 2. The average molecular weight is 292 g/mol. The zero-order valence-electron chi connectivity index (χ0n) is 13.7. The van der Waals surface area contributed by atoms with Crippen molar-refractivity contribution in [3.63, 3.8) is 0 Å². The van der Waals surface area contributed by atoms with Gasteiger partial charge < -0.3 is 10.2 Å². The van der Waals surface area contributed by atoms with E-state index in [0.29, 0.717) is 17.8 Å². The highest BCUT2D eigenvalue weighted by molar-refractivity contribution is 5.92. The first-order valence-corrected chi connectivity index (χ1v) is 8.10. The Morgan fingerprint density at radius 3 is 2.57 bits per heavy atom. The number of aryl methyl sites for hydroxylation is 2. The number of nitrogens with one attached hydrogen (secondary N) is 1. The van der Waals surface area contributed by atoms with Crippen LogP contribution in [0.2, 0.25) is 0 Å². The van der Waals surface area contributed by atoms with E-state index in [1.807, 2.05) is 25.1 Å². The summed E-state index contributed by atoms with van der Waals surface area (Å²) in [6.07, 6.45) is 5.33. The molecule has 0 unspecified atom stereocenters. The van der Waals surface area contributed by atoms with Crippen LogP contribution in [0.4, 0.5) is 0 Å². The fourth-order valence-corrected chi connectivity index (χ4v) is 3.20. The van der Waals surface area contributed by atoms with E-state index in [9.17, 15) is 4.79 Å². The standard InChI is InChI=1S/C16H28N4O/c1-5-12-11-15(20(4)18-12)16(21)19(3)14-9-7-13(8-10-14)17-6-2/h11,13-14,17H,5-10H2,1-4H3. The first kappa shape index (κ1) is 16.0. The van der Waals surface area contributed by atoms with Gasteiger partial charge in [0.15, 0.2) is 0 Å². The maximum absolute atomic E-state index is 12.7. The minimum absolute atomic E-state index is 0.0941. The molecule has 1 heterocycles. The molecule has 118 valence electrons. The fraction of sp³-hybridized carbons (Fsp3) is 0.750. The molecular weight excluding hydrogens is 264 g/mol. The second kappa shape index (κ2) is 7.07. The van der Waals surface area contributed by atoms with Gasteiger partial charge in [0.25, 0.3) is 5.91 Å². The molecule has 2 rings (SSSR count). The van der Waals surface area contributed by atoms with E-state index >= 15 is 0 Å². The third-order valence-electron chi connectivity index (χ3n) is 4.57. The Bertz CT molecular complexity index is 475. The molecule has 0 bridgehead atoms. The SMILES string of the molecule is CCNC1CCC(N(C)C(=O)c2cc(CC)nn2C)CC1. The Morgan fingerprint density at radius 1 is 1.38 bits per heavy atom. The lowest BCUT2D eigenvalue weighted by atomic mass is 9.90. The highest BCUT2D eigenvalue weighted by atomic mass is 16.2. The lowest BCUT2D eigenvalue weighted by Gasteiger charge is -2.34. The molecule has 21 heavy (non-hydrogen) atoms. The number of carbonyl (C=O) groups excluding carboxylic acids is 1. The van der Waals surface area contributed by atoms with E-state index in [1.54, 1.807) is 4.68 Å². The molecule has 5 heteroatoms. The molecule has 0 spiro atoms. The van der Waals surface area contributed by atoms with Gasteiger partial charge in [0.1, 0.15) is 5.69 Å². The van der Waals surface area contributed by atoms with Crippen LogP contribution in [-0.2, 0) is 13.5 Å². The van der Waals surface area contributed by atoms with Crippen molar-refractivity contribution in [1.29, 1.82) is 0 Å². The average Bonchev–Trinajstić information content (AvgIpc) is 2.88. The molecule has 0 saturated heterocycles. The van der Waals surface area contributed by atoms with E-state index in [2.05, 4.69) is 24.3 Å². The summed E-state index contributed by atoms with van der Waals surface area (Å²) < 4.78 is 1.71. The summed E-state index contributed by atoms with van der Waals surface area (Å²) in [5.41, 5.74) is 1.67. The van der Waals surface area contributed by atoms with Gasteiger partial charge in [-0.2, -0.15) is 5.10 Å². The summed E-state index contributed by atoms with van der Waals surface area (Å²) >= 11 is 0. The number of hydrogen-bond donors (Lipinski definition) is 1. The van der Waals surface area contributed by atoms with E-state index in [0.717, 1.165) is 44.3 Å². The Hall–Kier alpha value is -1.36. The molecule has 1 saturated carbocycles. The van der Waals surface area contributed by atoms with Crippen molar-refractivity contribution in [3.05, 3.63) is 17.5 Å². The van der Waals surface area contributed by atoms with Gasteiger partial charge in [-0.1, -0.05) is 13.8 Å². The lowest BCUT2D eigenvalue weighted by Crippen LogP contribution is -2.43. The number of rotatable bonds is 5. The van der Waals surface area contributed by atoms with Crippen LogP contribution in [0.1, 0.15) is 55.7 Å². The van der Waals surface area contributed by atoms with Crippen molar-refractivity contribution in [1.82, 2.24) is 20.0 Å². The van der Waals surface area contributed by atoms with Crippen molar-refractivity contribution >= 4 is 5.91 Å². The van der Waals surface area contributed by atoms with E-state index in [-0.39, 0.29) is 5.91 Å². The highest BCUT2D eigenvalue weighted by Crippen LogP contribution is 2.23. The molecule has 0 radical (unpaired) electrons. The second-order valence-electron chi connectivity index (χ2n) is 5.98. The molecular formula is C16H28N4O. The topological polar surface area (TPSA) is 50.2 Å². The van der Waals surface area contributed by atoms with Gasteiger partial charge in [-0.3, -0.25) is 9.48 Å². The molecule has 1 aromatic heterocycles.